The summed E-state index contributed by atoms with van der Waals surface area (Å²) in [6, 6.07) is 7.10. The molecule has 0 bridgehead atoms. The van der Waals surface area contributed by atoms with Gasteiger partial charge in [-0.1, -0.05) is 0 Å². The molecule has 0 saturated carbocycles. The van der Waals surface area contributed by atoms with Gasteiger partial charge in [-0.2, -0.15) is 0 Å². The van der Waals surface area contributed by atoms with Crippen molar-refractivity contribution in [3.05, 3.63) is 43.0 Å². The fourth-order valence-corrected chi connectivity index (χ4v) is 1.79. The average molecular weight is 261 g/mol. The van der Waals surface area contributed by atoms with Crippen LogP contribution in [0.3, 0.4) is 0 Å². The maximum Gasteiger partial charge on any atom is 0.119 e. The fraction of sp³-hybridized carbons (Fsp3) is 0.357. The Hall–Kier alpha value is -2.01. The zero-order valence-electron chi connectivity index (χ0n) is 11.0. The summed E-state index contributed by atoms with van der Waals surface area (Å²) >= 11 is 0. The Balaban J connectivity index is 1.62. The van der Waals surface area contributed by atoms with E-state index in [4.69, 9.17) is 9.84 Å². The van der Waals surface area contributed by atoms with Gasteiger partial charge in [0, 0.05) is 31.5 Å². The Morgan fingerprint density at radius 1 is 1.37 bits per heavy atom. The van der Waals surface area contributed by atoms with E-state index in [1.54, 1.807) is 30.5 Å². The third-order valence-corrected chi connectivity index (χ3v) is 2.74. The van der Waals surface area contributed by atoms with Crippen LogP contribution in [0.2, 0.25) is 0 Å². The Kier molecular flexibility index (Phi) is 4.80. The van der Waals surface area contributed by atoms with Crippen molar-refractivity contribution in [2.24, 2.45) is 0 Å². The summed E-state index contributed by atoms with van der Waals surface area (Å²) in [6.45, 7) is 4.38. The number of aromatic nitrogens is 2. The molecule has 0 saturated heterocycles. The number of imidazole rings is 1. The van der Waals surface area contributed by atoms with Crippen molar-refractivity contribution < 1.29 is 9.84 Å². The maximum atomic E-state index is 9.15. The Morgan fingerprint density at radius 3 is 2.84 bits per heavy atom. The largest absolute Gasteiger partial charge is 0.508 e. The van der Waals surface area contributed by atoms with Crippen molar-refractivity contribution in [1.82, 2.24) is 14.9 Å². The number of benzene rings is 1. The van der Waals surface area contributed by atoms with Gasteiger partial charge in [0.1, 0.15) is 18.1 Å². The highest BCUT2D eigenvalue weighted by Gasteiger charge is 2.01. The normalized spacial score (nSPS) is 12.3. The van der Waals surface area contributed by atoms with E-state index in [0.29, 0.717) is 12.6 Å². The molecule has 2 rings (SSSR count). The molecule has 0 amide bonds. The minimum Gasteiger partial charge on any atom is -0.508 e. The summed E-state index contributed by atoms with van der Waals surface area (Å²) < 4.78 is 7.59. The molecule has 1 aromatic carbocycles. The van der Waals surface area contributed by atoms with Crippen LogP contribution in [0.15, 0.2) is 43.0 Å². The minimum absolute atomic E-state index is 0.249. The number of nitrogens with one attached hydrogen (secondary N) is 1. The predicted molar refractivity (Wildman–Crippen MR) is 73.3 cm³/mol. The molecule has 0 aliphatic heterocycles. The molecule has 102 valence electrons. The molecule has 1 heterocycles. The highest BCUT2D eigenvalue weighted by Crippen LogP contribution is 2.15. The van der Waals surface area contributed by atoms with Gasteiger partial charge in [-0.25, -0.2) is 4.98 Å². The van der Waals surface area contributed by atoms with Crippen LogP contribution in [-0.4, -0.2) is 33.9 Å². The van der Waals surface area contributed by atoms with Crippen molar-refractivity contribution in [3.63, 3.8) is 0 Å². The standard InChI is InChI=1S/C14H19N3O2/c1-12(10-17-8-6-15-11-17)16-7-9-19-14-4-2-13(18)3-5-14/h2-6,8,11-12,16,18H,7,9-10H2,1H3. The number of ether oxygens (including phenoxy) is 1. The van der Waals surface area contributed by atoms with E-state index in [0.717, 1.165) is 18.8 Å². The Labute approximate surface area is 112 Å². The third kappa shape index (κ3) is 4.63. The van der Waals surface area contributed by atoms with Gasteiger partial charge in [0.2, 0.25) is 0 Å². The topological polar surface area (TPSA) is 59.3 Å². The lowest BCUT2D eigenvalue weighted by atomic mass is 10.3. The second-order valence-electron chi connectivity index (χ2n) is 4.46. The molecular weight excluding hydrogens is 242 g/mol. The molecule has 0 aliphatic rings. The molecule has 0 aliphatic carbocycles. The lowest BCUT2D eigenvalue weighted by Crippen LogP contribution is -2.33. The molecule has 0 fully saturated rings. The number of phenolic OH excluding ortho intramolecular Hbond substituents is 1. The van der Waals surface area contributed by atoms with Crippen molar-refractivity contribution in [2.45, 2.75) is 19.5 Å². The van der Waals surface area contributed by atoms with Crippen LogP contribution >= 0.6 is 0 Å². The number of hydrogen-bond acceptors (Lipinski definition) is 4. The van der Waals surface area contributed by atoms with Gasteiger partial charge in [-0.3, -0.25) is 0 Å². The zero-order valence-corrected chi connectivity index (χ0v) is 11.0. The molecule has 1 unspecified atom stereocenters. The molecule has 19 heavy (non-hydrogen) atoms. The summed E-state index contributed by atoms with van der Waals surface area (Å²) in [4.78, 5) is 4.01. The molecule has 0 spiro atoms. The lowest BCUT2D eigenvalue weighted by Gasteiger charge is -2.14. The first-order chi connectivity index (χ1) is 9.24. The van der Waals surface area contributed by atoms with E-state index in [-0.39, 0.29) is 5.75 Å². The van der Waals surface area contributed by atoms with Gasteiger partial charge in [0.25, 0.3) is 0 Å². The Bertz CT molecular complexity index is 468. The van der Waals surface area contributed by atoms with Gasteiger partial charge in [-0.15, -0.1) is 0 Å². The van der Waals surface area contributed by atoms with Gasteiger partial charge in [0.15, 0.2) is 0 Å². The number of aromatic hydroxyl groups is 1. The van der Waals surface area contributed by atoms with Crippen molar-refractivity contribution >= 4 is 0 Å². The van der Waals surface area contributed by atoms with Gasteiger partial charge >= 0.3 is 0 Å². The Morgan fingerprint density at radius 2 is 2.16 bits per heavy atom. The molecule has 5 nitrogen and oxygen atoms in total. The molecular formula is C14H19N3O2. The van der Waals surface area contributed by atoms with Gasteiger partial charge < -0.3 is 19.7 Å². The van der Waals surface area contributed by atoms with Gasteiger partial charge in [0.05, 0.1) is 6.33 Å². The average Bonchev–Trinajstić information content (AvgIpc) is 2.89. The molecule has 1 atom stereocenters. The number of phenols is 1. The van der Waals surface area contributed by atoms with Crippen molar-refractivity contribution in [1.29, 1.82) is 0 Å². The van der Waals surface area contributed by atoms with Crippen LogP contribution in [0.25, 0.3) is 0 Å². The van der Waals surface area contributed by atoms with Crippen LogP contribution in [0.4, 0.5) is 0 Å². The van der Waals surface area contributed by atoms with Crippen LogP contribution in [0, 0.1) is 0 Å². The molecule has 2 N–H and O–H groups in total. The van der Waals surface area contributed by atoms with Crippen LogP contribution in [0.5, 0.6) is 11.5 Å². The van der Waals surface area contributed by atoms with Crippen LogP contribution < -0.4 is 10.1 Å². The monoisotopic (exact) mass is 261 g/mol. The minimum atomic E-state index is 0.249. The van der Waals surface area contributed by atoms with Crippen molar-refractivity contribution in [3.8, 4) is 11.5 Å². The molecule has 1 aromatic heterocycles. The fourth-order valence-electron chi connectivity index (χ4n) is 1.79. The summed E-state index contributed by atoms with van der Waals surface area (Å²) in [5.41, 5.74) is 0. The van der Waals surface area contributed by atoms with E-state index < -0.39 is 0 Å². The number of rotatable bonds is 7. The highest BCUT2D eigenvalue weighted by atomic mass is 16.5. The number of hydrogen-bond donors (Lipinski definition) is 2. The molecule has 2 aromatic rings. The number of nitrogens with zero attached hydrogens (tertiary/aromatic N) is 2. The van der Waals surface area contributed by atoms with Crippen LogP contribution in [-0.2, 0) is 6.54 Å². The third-order valence-electron chi connectivity index (χ3n) is 2.74. The van der Waals surface area contributed by atoms with Gasteiger partial charge in [-0.05, 0) is 31.2 Å². The lowest BCUT2D eigenvalue weighted by molar-refractivity contribution is 0.302. The first-order valence-electron chi connectivity index (χ1n) is 6.35. The van der Waals surface area contributed by atoms with Crippen molar-refractivity contribution in [2.75, 3.05) is 13.2 Å². The quantitative estimate of drug-likeness (QED) is 0.744. The van der Waals surface area contributed by atoms with E-state index >= 15 is 0 Å². The molecule has 0 radical (unpaired) electrons. The van der Waals surface area contributed by atoms with E-state index in [1.807, 2.05) is 17.1 Å². The predicted octanol–water partition coefficient (Wildman–Crippen LogP) is 1.65. The first-order valence-corrected chi connectivity index (χ1v) is 6.35. The van der Waals surface area contributed by atoms with E-state index in [9.17, 15) is 0 Å². The summed E-state index contributed by atoms with van der Waals surface area (Å²) in [5, 5.41) is 12.5. The zero-order chi connectivity index (χ0) is 13.5. The second-order valence-corrected chi connectivity index (χ2v) is 4.46. The van der Waals surface area contributed by atoms with Crippen LogP contribution in [0.1, 0.15) is 6.92 Å². The second kappa shape index (κ2) is 6.80. The summed E-state index contributed by atoms with van der Waals surface area (Å²) in [5.74, 6) is 1.02. The van der Waals surface area contributed by atoms with E-state index in [2.05, 4.69) is 17.2 Å². The van der Waals surface area contributed by atoms with E-state index in [1.165, 1.54) is 0 Å². The first kappa shape index (κ1) is 13.4. The summed E-state index contributed by atoms with van der Waals surface area (Å²) in [7, 11) is 0. The highest BCUT2D eigenvalue weighted by molar-refractivity contribution is 5.29. The maximum absolute atomic E-state index is 9.15. The smallest absolute Gasteiger partial charge is 0.119 e. The SMILES string of the molecule is CC(Cn1ccnc1)NCCOc1ccc(O)cc1. The summed E-state index contributed by atoms with van der Waals surface area (Å²) in [6.07, 6.45) is 5.54. The molecule has 5 heteroatoms.